The van der Waals surface area contributed by atoms with E-state index in [1.807, 2.05) is 24.3 Å². The highest BCUT2D eigenvalue weighted by Gasteiger charge is 2.41. The fraction of sp³-hybridized carbons (Fsp3) is 0.429. The number of benzene rings is 1. The van der Waals surface area contributed by atoms with E-state index in [4.69, 9.17) is 4.74 Å². The van der Waals surface area contributed by atoms with E-state index < -0.39 is 5.60 Å². The summed E-state index contributed by atoms with van der Waals surface area (Å²) in [5, 5.41) is 4.61. The van der Waals surface area contributed by atoms with Crippen LogP contribution in [0.25, 0.3) is 11.0 Å². The molecule has 1 atom stereocenters. The molecule has 1 spiro atoms. The van der Waals surface area contributed by atoms with Gasteiger partial charge in [0.1, 0.15) is 22.6 Å². The van der Waals surface area contributed by atoms with Crippen molar-refractivity contribution in [2.45, 2.75) is 37.8 Å². The van der Waals surface area contributed by atoms with Crippen molar-refractivity contribution in [3.8, 4) is 5.75 Å². The summed E-state index contributed by atoms with van der Waals surface area (Å²) in [6.07, 6.45) is 4.50. The Kier molecular flexibility index (Phi) is 4.24. The molecule has 0 saturated carbocycles. The molecule has 4 heterocycles. The van der Waals surface area contributed by atoms with Gasteiger partial charge in [0.05, 0.1) is 24.7 Å². The van der Waals surface area contributed by atoms with Gasteiger partial charge in [-0.2, -0.15) is 5.10 Å². The molecule has 29 heavy (non-hydrogen) atoms. The molecule has 8 heteroatoms. The topological polar surface area (TPSA) is 93.1 Å². The third kappa shape index (κ3) is 3.23. The first kappa shape index (κ1) is 18.1. The number of aromatic amines is 1. The zero-order valence-electron chi connectivity index (χ0n) is 16.4. The van der Waals surface area contributed by atoms with Crippen LogP contribution in [0.4, 0.5) is 0 Å². The van der Waals surface area contributed by atoms with E-state index >= 15 is 0 Å². The SMILES string of the molecule is Cn1ncc2c(=O)[nH]c(CN3CCCC4(CC3)CC(=O)c3ccccc3O4)nc21. The number of aryl methyl sites for hydroxylation is 1. The minimum absolute atomic E-state index is 0.160. The lowest BCUT2D eigenvalue weighted by Gasteiger charge is -2.37. The highest BCUT2D eigenvalue weighted by atomic mass is 16.5. The molecule has 5 rings (SSSR count). The second kappa shape index (κ2) is 6.81. The van der Waals surface area contributed by atoms with Crippen molar-refractivity contribution in [3.05, 3.63) is 52.2 Å². The number of fused-ring (bicyclic) bond motifs is 2. The van der Waals surface area contributed by atoms with Gasteiger partial charge in [-0.05, 0) is 31.5 Å². The fourth-order valence-corrected chi connectivity index (χ4v) is 4.47. The average Bonchev–Trinajstić information content (AvgIpc) is 2.97. The maximum absolute atomic E-state index is 12.7. The maximum atomic E-state index is 12.7. The molecule has 0 aliphatic carbocycles. The fourth-order valence-electron chi connectivity index (χ4n) is 4.47. The molecule has 2 aliphatic heterocycles. The maximum Gasteiger partial charge on any atom is 0.262 e. The largest absolute Gasteiger partial charge is 0.486 e. The van der Waals surface area contributed by atoms with Crippen LogP contribution in [-0.4, -0.2) is 49.1 Å². The Hall–Kier alpha value is -3.00. The first-order valence-corrected chi connectivity index (χ1v) is 9.98. The molecule has 0 bridgehead atoms. The number of carbonyl (C=O) groups is 1. The van der Waals surface area contributed by atoms with Gasteiger partial charge in [0.15, 0.2) is 11.4 Å². The summed E-state index contributed by atoms with van der Waals surface area (Å²) in [6, 6.07) is 7.50. The van der Waals surface area contributed by atoms with Gasteiger partial charge in [-0.15, -0.1) is 0 Å². The van der Waals surface area contributed by atoms with Crippen molar-refractivity contribution in [1.29, 1.82) is 0 Å². The zero-order valence-corrected chi connectivity index (χ0v) is 16.4. The van der Waals surface area contributed by atoms with Gasteiger partial charge in [0.2, 0.25) is 0 Å². The minimum atomic E-state index is -0.437. The highest BCUT2D eigenvalue weighted by Crippen LogP contribution is 2.39. The molecule has 1 saturated heterocycles. The summed E-state index contributed by atoms with van der Waals surface area (Å²) in [7, 11) is 1.78. The molecule has 150 valence electrons. The van der Waals surface area contributed by atoms with Gasteiger partial charge < -0.3 is 9.72 Å². The number of likely N-dealkylation sites (tertiary alicyclic amines) is 1. The molecular weight excluding hydrogens is 370 g/mol. The van der Waals surface area contributed by atoms with Crippen LogP contribution in [0.3, 0.4) is 0 Å². The van der Waals surface area contributed by atoms with Crippen molar-refractivity contribution >= 4 is 16.8 Å². The van der Waals surface area contributed by atoms with Gasteiger partial charge >= 0.3 is 0 Å². The molecule has 2 aromatic heterocycles. The lowest BCUT2D eigenvalue weighted by Crippen LogP contribution is -2.42. The normalized spacial score (nSPS) is 22.4. The average molecular weight is 393 g/mol. The van der Waals surface area contributed by atoms with Crippen LogP contribution < -0.4 is 10.3 Å². The van der Waals surface area contributed by atoms with Crippen LogP contribution in [0.5, 0.6) is 5.75 Å². The molecule has 0 radical (unpaired) electrons. The number of hydrogen-bond donors (Lipinski definition) is 1. The molecule has 1 N–H and O–H groups in total. The standard InChI is InChI=1S/C21H23N5O3/c1-25-19-15(12-22-25)20(28)24-18(23-19)13-26-9-4-7-21(8-10-26)11-16(27)14-5-2-3-6-17(14)29-21/h2-3,5-6,12H,4,7-11,13H2,1H3,(H,23,24,28). The van der Waals surface area contributed by atoms with Crippen molar-refractivity contribution in [1.82, 2.24) is 24.6 Å². The van der Waals surface area contributed by atoms with E-state index in [-0.39, 0.29) is 11.3 Å². The first-order chi connectivity index (χ1) is 14.0. The van der Waals surface area contributed by atoms with Crippen LogP contribution >= 0.6 is 0 Å². The summed E-state index contributed by atoms with van der Waals surface area (Å²) in [6.45, 7) is 2.20. The Morgan fingerprint density at radius 1 is 1.21 bits per heavy atom. The lowest BCUT2D eigenvalue weighted by atomic mass is 9.84. The van der Waals surface area contributed by atoms with Gasteiger partial charge in [0, 0.05) is 20.0 Å². The molecule has 8 nitrogen and oxygen atoms in total. The van der Waals surface area contributed by atoms with Crippen LogP contribution in [0, 0.1) is 0 Å². The molecule has 1 aromatic carbocycles. The number of H-pyrrole nitrogens is 1. The van der Waals surface area contributed by atoms with E-state index in [1.54, 1.807) is 11.7 Å². The number of para-hydroxylation sites is 1. The van der Waals surface area contributed by atoms with Crippen molar-refractivity contribution in [2.24, 2.45) is 7.05 Å². The van der Waals surface area contributed by atoms with Crippen molar-refractivity contribution in [2.75, 3.05) is 13.1 Å². The Balaban J connectivity index is 1.34. The van der Waals surface area contributed by atoms with Gasteiger partial charge in [0.25, 0.3) is 5.56 Å². The predicted molar refractivity (Wildman–Crippen MR) is 107 cm³/mol. The Morgan fingerprint density at radius 3 is 2.97 bits per heavy atom. The first-order valence-electron chi connectivity index (χ1n) is 9.98. The Bertz CT molecular complexity index is 1150. The predicted octanol–water partition coefficient (Wildman–Crippen LogP) is 2.05. The number of Topliss-reactive ketones (excluding diaryl/α,β-unsaturated/α-hetero) is 1. The molecule has 2 aliphatic rings. The third-order valence-corrected chi connectivity index (χ3v) is 6.01. The Labute approximate surface area is 167 Å². The number of nitrogens with one attached hydrogen (secondary N) is 1. The van der Waals surface area contributed by atoms with Crippen LogP contribution in [0.15, 0.2) is 35.3 Å². The smallest absolute Gasteiger partial charge is 0.262 e. The van der Waals surface area contributed by atoms with E-state index in [2.05, 4.69) is 20.0 Å². The second-order valence-corrected chi connectivity index (χ2v) is 8.03. The summed E-state index contributed by atoms with van der Waals surface area (Å²) in [4.78, 5) is 34.7. The summed E-state index contributed by atoms with van der Waals surface area (Å²) < 4.78 is 7.97. The number of ether oxygens (including phenoxy) is 1. The minimum Gasteiger partial charge on any atom is -0.486 e. The zero-order chi connectivity index (χ0) is 20.0. The number of ketones is 1. The van der Waals surface area contributed by atoms with E-state index in [1.165, 1.54) is 6.20 Å². The number of hydrogen-bond acceptors (Lipinski definition) is 6. The van der Waals surface area contributed by atoms with Crippen molar-refractivity contribution < 1.29 is 9.53 Å². The Morgan fingerprint density at radius 2 is 2.07 bits per heavy atom. The summed E-state index contributed by atoms with van der Waals surface area (Å²) >= 11 is 0. The number of nitrogens with zero attached hydrogens (tertiary/aromatic N) is 4. The quantitative estimate of drug-likeness (QED) is 0.716. The molecule has 1 unspecified atom stereocenters. The molecular formula is C21H23N5O3. The van der Waals surface area contributed by atoms with Gasteiger partial charge in [-0.1, -0.05) is 12.1 Å². The van der Waals surface area contributed by atoms with Crippen molar-refractivity contribution in [3.63, 3.8) is 0 Å². The van der Waals surface area contributed by atoms with Crippen LogP contribution in [-0.2, 0) is 13.6 Å². The number of carbonyl (C=O) groups excluding carboxylic acids is 1. The second-order valence-electron chi connectivity index (χ2n) is 8.03. The molecule has 3 aromatic rings. The van der Waals surface area contributed by atoms with E-state index in [0.717, 1.165) is 32.4 Å². The number of rotatable bonds is 2. The van der Waals surface area contributed by atoms with Crippen LogP contribution in [0.1, 0.15) is 41.9 Å². The summed E-state index contributed by atoms with van der Waals surface area (Å²) in [5.74, 6) is 1.49. The number of aromatic nitrogens is 4. The van der Waals surface area contributed by atoms with E-state index in [0.29, 0.717) is 41.1 Å². The summed E-state index contributed by atoms with van der Waals surface area (Å²) in [5.41, 5.74) is 0.674. The van der Waals surface area contributed by atoms with Gasteiger partial charge in [-0.25, -0.2) is 4.98 Å². The monoisotopic (exact) mass is 393 g/mol. The highest BCUT2D eigenvalue weighted by molar-refractivity contribution is 6.00. The van der Waals surface area contributed by atoms with Crippen LogP contribution in [0.2, 0.25) is 0 Å². The third-order valence-electron chi connectivity index (χ3n) is 6.01. The molecule has 0 amide bonds. The van der Waals surface area contributed by atoms with Gasteiger partial charge in [-0.3, -0.25) is 19.2 Å². The van der Waals surface area contributed by atoms with E-state index in [9.17, 15) is 9.59 Å². The molecule has 1 fully saturated rings. The lowest BCUT2D eigenvalue weighted by molar-refractivity contribution is 0.0298.